The molecule has 0 spiro atoms. The predicted molar refractivity (Wildman–Crippen MR) is 68.9 cm³/mol. The van der Waals surface area contributed by atoms with Gasteiger partial charge in [-0.05, 0) is 17.5 Å². The Kier molecular flexibility index (Phi) is 5.02. The third kappa shape index (κ3) is 3.39. The minimum Gasteiger partial charge on any atom is -0.409 e. The van der Waals surface area contributed by atoms with Gasteiger partial charge in [-0.2, -0.15) is 0 Å². The summed E-state index contributed by atoms with van der Waals surface area (Å²) in [6.07, 6.45) is 0. The number of nitrogens with zero attached hydrogens (tertiary/aromatic N) is 3. The average Bonchev–Trinajstić information content (AvgIpc) is 2.83. The SMILES string of the molecule is CC(CNC(=O)c1snnc1C(C)C)C(N)=NO. The smallest absolute Gasteiger partial charge is 0.264 e. The summed E-state index contributed by atoms with van der Waals surface area (Å²) in [5.74, 6) is -0.235. The molecule has 0 aliphatic rings. The highest BCUT2D eigenvalue weighted by atomic mass is 32.1. The van der Waals surface area contributed by atoms with Crippen molar-refractivity contribution in [2.45, 2.75) is 26.7 Å². The van der Waals surface area contributed by atoms with Crippen molar-refractivity contribution in [2.24, 2.45) is 16.8 Å². The molecule has 1 aromatic rings. The van der Waals surface area contributed by atoms with E-state index in [0.717, 1.165) is 11.5 Å². The lowest BCUT2D eigenvalue weighted by Gasteiger charge is -2.11. The van der Waals surface area contributed by atoms with Gasteiger partial charge in [0.25, 0.3) is 5.91 Å². The third-order valence-electron chi connectivity index (χ3n) is 2.46. The first-order valence-corrected chi connectivity index (χ1v) is 6.32. The Morgan fingerprint density at radius 1 is 1.56 bits per heavy atom. The molecule has 1 heterocycles. The maximum absolute atomic E-state index is 11.9. The van der Waals surface area contributed by atoms with Gasteiger partial charge in [0.05, 0.1) is 5.69 Å². The van der Waals surface area contributed by atoms with Crippen LogP contribution >= 0.6 is 11.5 Å². The molecule has 7 nitrogen and oxygen atoms in total. The number of nitrogens with one attached hydrogen (secondary N) is 1. The first-order chi connectivity index (χ1) is 8.47. The van der Waals surface area contributed by atoms with Crippen LogP contribution in [0.15, 0.2) is 5.16 Å². The van der Waals surface area contributed by atoms with E-state index in [1.807, 2.05) is 13.8 Å². The summed E-state index contributed by atoms with van der Waals surface area (Å²) in [5, 5.41) is 18.0. The van der Waals surface area contributed by atoms with Gasteiger partial charge in [0, 0.05) is 12.5 Å². The van der Waals surface area contributed by atoms with Gasteiger partial charge in [-0.3, -0.25) is 4.79 Å². The van der Waals surface area contributed by atoms with E-state index in [0.29, 0.717) is 17.1 Å². The van der Waals surface area contributed by atoms with Gasteiger partial charge in [-0.15, -0.1) is 5.10 Å². The van der Waals surface area contributed by atoms with Crippen LogP contribution in [0.3, 0.4) is 0 Å². The van der Waals surface area contributed by atoms with Crippen molar-refractivity contribution >= 4 is 23.3 Å². The molecule has 0 aromatic carbocycles. The van der Waals surface area contributed by atoms with Crippen LogP contribution in [0.25, 0.3) is 0 Å². The molecular weight excluding hydrogens is 254 g/mol. The zero-order chi connectivity index (χ0) is 13.7. The fourth-order valence-corrected chi connectivity index (χ4v) is 2.00. The lowest BCUT2D eigenvalue weighted by molar-refractivity contribution is 0.0953. The minimum atomic E-state index is -0.234. The molecule has 8 heteroatoms. The van der Waals surface area contributed by atoms with Crippen molar-refractivity contribution in [1.29, 1.82) is 0 Å². The van der Waals surface area contributed by atoms with E-state index >= 15 is 0 Å². The first kappa shape index (κ1) is 14.4. The summed E-state index contributed by atoms with van der Waals surface area (Å²) >= 11 is 1.07. The molecule has 18 heavy (non-hydrogen) atoms. The lowest BCUT2D eigenvalue weighted by Crippen LogP contribution is -2.34. The molecular formula is C10H17N5O2S. The minimum absolute atomic E-state index is 0.0850. The maximum atomic E-state index is 11.9. The number of aromatic nitrogens is 2. The number of carbonyl (C=O) groups is 1. The first-order valence-electron chi connectivity index (χ1n) is 5.55. The number of amidine groups is 1. The van der Waals surface area contributed by atoms with E-state index in [4.69, 9.17) is 10.9 Å². The molecule has 0 bridgehead atoms. The number of nitrogens with two attached hydrogens (primary N) is 1. The number of hydrogen-bond acceptors (Lipinski definition) is 6. The van der Waals surface area contributed by atoms with Gasteiger partial charge >= 0.3 is 0 Å². The molecule has 1 rings (SSSR count). The molecule has 0 aliphatic heterocycles. The van der Waals surface area contributed by atoms with Crippen molar-refractivity contribution < 1.29 is 10.0 Å². The second kappa shape index (κ2) is 6.29. The molecule has 0 saturated heterocycles. The fourth-order valence-electron chi connectivity index (χ4n) is 1.26. The summed E-state index contributed by atoms with van der Waals surface area (Å²) in [7, 11) is 0. The van der Waals surface area contributed by atoms with E-state index < -0.39 is 0 Å². The van der Waals surface area contributed by atoms with E-state index in [2.05, 4.69) is 20.1 Å². The number of rotatable bonds is 5. The van der Waals surface area contributed by atoms with E-state index in [9.17, 15) is 4.79 Å². The Balaban J connectivity index is 2.64. The Bertz CT molecular complexity index is 443. The Morgan fingerprint density at radius 2 is 2.22 bits per heavy atom. The van der Waals surface area contributed by atoms with Crippen molar-refractivity contribution in [3.05, 3.63) is 10.6 Å². The molecule has 1 atom stereocenters. The second-order valence-corrected chi connectivity index (χ2v) is 5.03. The lowest BCUT2D eigenvalue weighted by atomic mass is 10.1. The number of carbonyl (C=O) groups excluding carboxylic acids is 1. The van der Waals surface area contributed by atoms with E-state index in [1.54, 1.807) is 6.92 Å². The molecule has 0 saturated carbocycles. The topological polar surface area (TPSA) is 113 Å². The molecule has 1 amide bonds. The summed E-state index contributed by atoms with van der Waals surface area (Å²) in [6.45, 7) is 5.95. The van der Waals surface area contributed by atoms with Crippen LogP contribution in [0, 0.1) is 5.92 Å². The molecule has 4 N–H and O–H groups in total. The van der Waals surface area contributed by atoms with Crippen molar-refractivity contribution in [3.8, 4) is 0 Å². The van der Waals surface area contributed by atoms with Gasteiger partial charge < -0.3 is 16.3 Å². The van der Waals surface area contributed by atoms with Crippen LogP contribution < -0.4 is 11.1 Å². The zero-order valence-corrected chi connectivity index (χ0v) is 11.4. The maximum Gasteiger partial charge on any atom is 0.264 e. The Hall–Kier alpha value is -1.70. The molecule has 0 fully saturated rings. The molecule has 1 aromatic heterocycles. The highest BCUT2D eigenvalue weighted by Gasteiger charge is 2.19. The molecule has 0 aliphatic carbocycles. The summed E-state index contributed by atoms with van der Waals surface area (Å²) < 4.78 is 3.79. The zero-order valence-electron chi connectivity index (χ0n) is 10.5. The quantitative estimate of drug-likeness (QED) is 0.317. The standard InChI is InChI=1S/C10H17N5O2S/c1-5(2)7-8(18-15-13-7)10(16)12-4-6(3)9(11)14-17/h5-6,17H,4H2,1-3H3,(H2,11,14)(H,12,16). The summed E-state index contributed by atoms with van der Waals surface area (Å²) in [6, 6.07) is 0. The predicted octanol–water partition coefficient (Wildman–Crippen LogP) is 0.774. The number of oxime groups is 1. The second-order valence-electron chi connectivity index (χ2n) is 4.28. The van der Waals surface area contributed by atoms with Crippen molar-refractivity contribution in [3.63, 3.8) is 0 Å². The summed E-state index contributed by atoms with van der Waals surface area (Å²) in [4.78, 5) is 12.4. The normalized spacial score (nSPS) is 13.7. The van der Waals surface area contributed by atoms with Crippen molar-refractivity contribution in [2.75, 3.05) is 6.54 Å². The van der Waals surface area contributed by atoms with Crippen LogP contribution in [0.2, 0.25) is 0 Å². The average molecular weight is 271 g/mol. The van der Waals surface area contributed by atoms with Crippen LogP contribution in [-0.4, -0.2) is 33.1 Å². The summed E-state index contributed by atoms with van der Waals surface area (Å²) in [5.41, 5.74) is 6.11. The Labute approximate surface area is 109 Å². The monoisotopic (exact) mass is 271 g/mol. The molecule has 1 unspecified atom stereocenters. The van der Waals surface area contributed by atoms with Crippen LogP contribution in [-0.2, 0) is 0 Å². The van der Waals surface area contributed by atoms with Crippen molar-refractivity contribution in [1.82, 2.24) is 14.9 Å². The van der Waals surface area contributed by atoms with Gasteiger partial charge in [-0.1, -0.05) is 30.4 Å². The third-order valence-corrected chi connectivity index (χ3v) is 3.20. The highest BCUT2D eigenvalue weighted by molar-refractivity contribution is 7.08. The van der Waals surface area contributed by atoms with Gasteiger partial charge in [0.1, 0.15) is 10.7 Å². The molecule has 0 radical (unpaired) electrons. The molecule has 100 valence electrons. The van der Waals surface area contributed by atoms with E-state index in [1.165, 1.54) is 0 Å². The number of hydrogen-bond donors (Lipinski definition) is 3. The van der Waals surface area contributed by atoms with E-state index in [-0.39, 0.29) is 23.6 Å². The van der Waals surface area contributed by atoms with Gasteiger partial charge in [0.15, 0.2) is 0 Å². The van der Waals surface area contributed by atoms with Gasteiger partial charge in [-0.25, -0.2) is 0 Å². The highest BCUT2D eigenvalue weighted by Crippen LogP contribution is 2.19. The van der Waals surface area contributed by atoms with Crippen LogP contribution in [0.5, 0.6) is 0 Å². The Morgan fingerprint density at radius 3 is 2.78 bits per heavy atom. The van der Waals surface area contributed by atoms with Crippen LogP contribution in [0.4, 0.5) is 0 Å². The van der Waals surface area contributed by atoms with Gasteiger partial charge in [0.2, 0.25) is 0 Å². The number of amides is 1. The largest absolute Gasteiger partial charge is 0.409 e. The van der Waals surface area contributed by atoms with Crippen LogP contribution in [0.1, 0.15) is 42.1 Å². The fraction of sp³-hybridized carbons (Fsp3) is 0.600.